The molecule has 0 bridgehead atoms. The lowest BCUT2D eigenvalue weighted by Crippen LogP contribution is -2.26. The van der Waals surface area contributed by atoms with Gasteiger partial charge in [-0.2, -0.15) is 4.31 Å². The van der Waals surface area contributed by atoms with E-state index in [1.807, 2.05) is 0 Å². The molecular weight excluding hydrogens is 242 g/mol. The molecule has 0 amide bonds. The molecule has 1 aliphatic rings. The van der Waals surface area contributed by atoms with E-state index in [4.69, 9.17) is 14.9 Å². The van der Waals surface area contributed by atoms with E-state index in [1.165, 1.54) is 0 Å². The Labute approximate surface area is 77.4 Å². The van der Waals surface area contributed by atoms with Gasteiger partial charge in [-0.05, 0) is 0 Å². The lowest BCUT2D eigenvalue weighted by atomic mass is 10.4. The molecule has 0 spiro atoms. The highest BCUT2D eigenvalue weighted by Gasteiger charge is 2.43. The van der Waals surface area contributed by atoms with Gasteiger partial charge in [0.1, 0.15) is 0 Å². The molecule has 0 aromatic carbocycles. The van der Waals surface area contributed by atoms with Gasteiger partial charge < -0.3 is 14.9 Å². The van der Waals surface area contributed by atoms with E-state index in [0.29, 0.717) is 0 Å². The summed E-state index contributed by atoms with van der Waals surface area (Å²) in [5.74, 6) is -1.61. The van der Waals surface area contributed by atoms with Crippen molar-refractivity contribution in [3.05, 3.63) is 0 Å². The molecule has 1 fully saturated rings. The van der Waals surface area contributed by atoms with Gasteiger partial charge in [-0.25, -0.2) is 13.9 Å². The van der Waals surface area contributed by atoms with Gasteiger partial charge in [0.2, 0.25) is 0 Å². The number of phosphoric acid groups is 2. The number of carbonyl (C=O) groups is 1. The van der Waals surface area contributed by atoms with Gasteiger partial charge in [-0.1, -0.05) is 0 Å². The minimum Gasteiger partial charge on any atom is -0.479 e. The number of hydrogen-bond donors (Lipinski definition) is 3. The summed E-state index contributed by atoms with van der Waals surface area (Å²) >= 11 is 0. The van der Waals surface area contributed by atoms with Crippen LogP contribution in [0.15, 0.2) is 0 Å². The zero-order valence-corrected chi connectivity index (χ0v) is 8.26. The SMILES string of the molecule is O=C(O)C1COP(=O)(O)OP(=O)(O)O1. The van der Waals surface area contributed by atoms with Crippen LogP contribution in [0.25, 0.3) is 0 Å². The maximum absolute atomic E-state index is 10.8. The van der Waals surface area contributed by atoms with Gasteiger partial charge in [0.15, 0.2) is 6.10 Å². The number of phosphoric ester groups is 2. The average molecular weight is 248 g/mol. The first-order valence-electron chi connectivity index (χ1n) is 3.14. The molecule has 1 aliphatic heterocycles. The predicted octanol–water partition coefficient (Wildman–Crippen LogP) is -0.296. The van der Waals surface area contributed by atoms with E-state index in [2.05, 4.69) is 13.4 Å². The second kappa shape index (κ2) is 3.71. The molecule has 3 atom stereocenters. The molecule has 1 saturated heterocycles. The van der Waals surface area contributed by atoms with Crippen LogP contribution < -0.4 is 0 Å². The summed E-state index contributed by atoms with van der Waals surface area (Å²) in [4.78, 5) is 27.8. The predicted molar refractivity (Wildman–Crippen MR) is 39.2 cm³/mol. The Morgan fingerprint density at radius 1 is 1.29 bits per heavy atom. The maximum atomic E-state index is 10.8. The Balaban J connectivity index is 2.90. The second-order valence-corrected chi connectivity index (χ2v) is 5.24. The third-order valence-corrected chi connectivity index (χ3v) is 3.78. The molecule has 1 rings (SSSR count). The third-order valence-electron chi connectivity index (χ3n) is 1.13. The average Bonchev–Trinajstić information content (AvgIpc) is 2.04. The zero-order valence-electron chi connectivity index (χ0n) is 6.47. The molecule has 11 heteroatoms. The summed E-state index contributed by atoms with van der Waals surface area (Å²) in [6.07, 6.45) is -1.83. The zero-order chi connectivity index (χ0) is 11.0. The Hall–Kier alpha value is -0.270. The largest absolute Gasteiger partial charge is 0.482 e. The van der Waals surface area contributed by atoms with E-state index in [-0.39, 0.29) is 0 Å². The minimum absolute atomic E-state index is 0.854. The van der Waals surface area contributed by atoms with Crippen molar-refractivity contribution in [1.82, 2.24) is 0 Å². The van der Waals surface area contributed by atoms with Crippen molar-refractivity contribution in [1.29, 1.82) is 0 Å². The normalized spacial score (nSPS) is 44.3. The Bertz CT molecular complexity index is 335. The van der Waals surface area contributed by atoms with Crippen LogP contribution in [0.3, 0.4) is 0 Å². The van der Waals surface area contributed by atoms with Gasteiger partial charge >= 0.3 is 21.6 Å². The molecule has 3 unspecified atom stereocenters. The van der Waals surface area contributed by atoms with E-state index in [9.17, 15) is 13.9 Å². The van der Waals surface area contributed by atoms with Gasteiger partial charge in [-0.3, -0.25) is 9.05 Å². The van der Waals surface area contributed by atoms with Gasteiger partial charge in [0.25, 0.3) is 0 Å². The van der Waals surface area contributed by atoms with Gasteiger partial charge in [0.05, 0.1) is 6.61 Å². The molecule has 0 aliphatic carbocycles. The van der Waals surface area contributed by atoms with Crippen molar-refractivity contribution < 1.29 is 42.2 Å². The van der Waals surface area contributed by atoms with E-state index in [0.717, 1.165) is 0 Å². The van der Waals surface area contributed by atoms with E-state index < -0.39 is 34.3 Å². The summed E-state index contributed by atoms with van der Waals surface area (Å²) < 4.78 is 33.3. The molecule has 1 heterocycles. The summed E-state index contributed by atoms with van der Waals surface area (Å²) in [6.45, 7) is -0.854. The fraction of sp³-hybridized carbons (Fsp3) is 0.667. The topological polar surface area (TPSA) is 140 Å². The van der Waals surface area contributed by atoms with Crippen LogP contribution >= 0.6 is 15.6 Å². The van der Waals surface area contributed by atoms with Gasteiger partial charge in [-0.15, -0.1) is 0 Å². The molecular formula is C3H6O9P2. The number of aliphatic carboxylic acids is 1. The van der Waals surface area contributed by atoms with E-state index >= 15 is 0 Å². The fourth-order valence-corrected chi connectivity index (χ4v) is 2.82. The summed E-state index contributed by atoms with van der Waals surface area (Å²) in [5, 5.41) is 8.40. The van der Waals surface area contributed by atoms with Crippen LogP contribution in [0.4, 0.5) is 0 Å². The van der Waals surface area contributed by atoms with Crippen molar-refractivity contribution in [2.24, 2.45) is 0 Å². The van der Waals surface area contributed by atoms with E-state index in [1.54, 1.807) is 0 Å². The molecule has 14 heavy (non-hydrogen) atoms. The Morgan fingerprint density at radius 2 is 1.86 bits per heavy atom. The van der Waals surface area contributed by atoms with Crippen LogP contribution in [-0.2, 0) is 27.3 Å². The van der Waals surface area contributed by atoms with Crippen molar-refractivity contribution in [3.63, 3.8) is 0 Å². The molecule has 0 saturated carbocycles. The first-order chi connectivity index (χ1) is 6.22. The van der Waals surface area contributed by atoms with Crippen LogP contribution in [0, 0.1) is 0 Å². The number of rotatable bonds is 1. The Kier molecular flexibility index (Phi) is 3.13. The van der Waals surface area contributed by atoms with Crippen molar-refractivity contribution >= 4 is 21.6 Å². The van der Waals surface area contributed by atoms with Gasteiger partial charge in [0, 0.05) is 0 Å². The maximum Gasteiger partial charge on any atom is 0.482 e. The van der Waals surface area contributed by atoms with Crippen LogP contribution in [-0.4, -0.2) is 33.6 Å². The lowest BCUT2D eigenvalue weighted by Gasteiger charge is -2.10. The summed E-state index contributed by atoms with van der Waals surface area (Å²) in [6, 6.07) is 0. The second-order valence-electron chi connectivity index (χ2n) is 2.25. The third kappa shape index (κ3) is 3.14. The molecule has 0 radical (unpaired) electrons. The number of carboxylic acids is 1. The number of carboxylic acid groups (broad SMARTS) is 1. The molecule has 0 aromatic rings. The fourth-order valence-electron chi connectivity index (χ4n) is 0.643. The molecule has 3 N–H and O–H groups in total. The van der Waals surface area contributed by atoms with Crippen molar-refractivity contribution in [2.75, 3.05) is 6.61 Å². The van der Waals surface area contributed by atoms with Crippen molar-refractivity contribution in [2.45, 2.75) is 6.10 Å². The first kappa shape index (κ1) is 11.8. The molecule has 0 aromatic heterocycles. The number of hydrogen-bond acceptors (Lipinski definition) is 6. The molecule has 82 valence electrons. The highest BCUT2D eigenvalue weighted by molar-refractivity contribution is 7.61. The molecule has 9 nitrogen and oxygen atoms in total. The smallest absolute Gasteiger partial charge is 0.479 e. The van der Waals surface area contributed by atoms with Crippen LogP contribution in [0.5, 0.6) is 0 Å². The van der Waals surface area contributed by atoms with Crippen molar-refractivity contribution in [3.8, 4) is 0 Å². The highest BCUT2D eigenvalue weighted by atomic mass is 31.3. The minimum atomic E-state index is -4.88. The lowest BCUT2D eigenvalue weighted by molar-refractivity contribution is -0.146. The van der Waals surface area contributed by atoms with Crippen LogP contribution in [0.2, 0.25) is 0 Å². The summed E-state index contributed by atoms with van der Waals surface area (Å²) in [5.41, 5.74) is 0. The standard InChI is InChI=1S/C3H6O9P2/c4-3(5)2-1-10-13(6,7)12-14(8,9)11-2/h2H,1H2,(H,4,5)(H,6,7)(H,8,9). The monoisotopic (exact) mass is 248 g/mol. The Morgan fingerprint density at radius 3 is 2.36 bits per heavy atom. The van der Waals surface area contributed by atoms with Crippen LogP contribution in [0.1, 0.15) is 0 Å². The highest BCUT2D eigenvalue weighted by Crippen LogP contribution is 2.62. The quantitative estimate of drug-likeness (QED) is 0.533. The first-order valence-corrected chi connectivity index (χ1v) is 6.14. The summed E-state index contributed by atoms with van der Waals surface area (Å²) in [7, 11) is -9.61.